The van der Waals surface area contributed by atoms with Gasteiger partial charge in [0.1, 0.15) is 0 Å². The largest absolute Gasteiger partial charge is 0.355 e. The molecule has 2 heterocycles. The number of amides is 2. The van der Waals surface area contributed by atoms with Crippen LogP contribution in [0.4, 0.5) is 0 Å². The molecule has 32 heavy (non-hydrogen) atoms. The van der Waals surface area contributed by atoms with Gasteiger partial charge in [-0.15, -0.1) is 0 Å². The smallest absolute Gasteiger partial charge is 0.226 e. The number of carbonyl (C=O) groups excluding carboxylic acids is 2. The van der Waals surface area contributed by atoms with Crippen LogP contribution < -0.4 is 5.32 Å². The lowest BCUT2D eigenvalue weighted by Gasteiger charge is -2.33. The summed E-state index contributed by atoms with van der Waals surface area (Å²) in [5, 5.41) is 5.45. The van der Waals surface area contributed by atoms with Crippen LogP contribution in [-0.4, -0.2) is 41.3 Å². The summed E-state index contributed by atoms with van der Waals surface area (Å²) in [4.78, 5) is 31.8. The van der Waals surface area contributed by atoms with Crippen LogP contribution >= 0.6 is 0 Å². The van der Waals surface area contributed by atoms with E-state index in [0.29, 0.717) is 13.0 Å². The number of hydrogen-bond donors (Lipinski definition) is 1. The predicted octanol–water partition coefficient (Wildman–Crippen LogP) is 3.76. The summed E-state index contributed by atoms with van der Waals surface area (Å²) in [6.07, 6.45) is 5.78. The topological polar surface area (TPSA) is 62.3 Å². The first-order valence-corrected chi connectivity index (χ1v) is 11.6. The monoisotopic (exact) mass is 427 g/mol. The molecular formula is C27H29N3O2. The Morgan fingerprint density at radius 3 is 2.56 bits per heavy atom. The fraction of sp³-hybridized carbons (Fsp3) is 0.370. The summed E-state index contributed by atoms with van der Waals surface area (Å²) in [6.45, 7) is 2.13. The lowest BCUT2D eigenvalue weighted by molar-refractivity contribution is -0.132. The van der Waals surface area contributed by atoms with Gasteiger partial charge in [0.15, 0.2) is 0 Å². The van der Waals surface area contributed by atoms with Gasteiger partial charge in [0.05, 0.1) is 6.42 Å². The fourth-order valence-electron chi connectivity index (χ4n) is 5.09. The second-order valence-corrected chi connectivity index (χ2v) is 9.22. The molecule has 2 fully saturated rings. The van der Waals surface area contributed by atoms with Crippen LogP contribution in [-0.2, 0) is 22.4 Å². The molecule has 1 saturated heterocycles. The Bertz CT molecular complexity index is 1120. The maximum atomic E-state index is 12.9. The Kier molecular flexibility index (Phi) is 5.64. The molecule has 1 atom stereocenters. The number of rotatable bonds is 6. The first-order chi connectivity index (χ1) is 15.6. The van der Waals surface area contributed by atoms with Gasteiger partial charge in [0.25, 0.3) is 0 Å². The molecule has 5 nitrogen and oxygen atoms in total. The Morgan fingerprint density at radius 1 is 1.00 bits per heavy atom. The van der Waals surface area contributed by atoms with Gasteiger partial charge in [-0.1, -0.05) is 48.5 Å². The maximum absolute atomic E-state index is 12.9. The Hall–Kier alpha value is -3.21. The highest BCUT2D eigenvalue weighted by atomic mass is 16.2. The minimum Gasteiger partial charge on any atom is -0.355 e. The highest BCUT2D eigenvalue weighted by Crippen LogP contribution is 2.59. The minimum absolute atomic E-state index is 0.101. The molecule has 0 radical (unpaired) electrons. The summed E-state index contributed by atoms with van der Waals surface area (Å²) < 4.78 is 0. The van der Waals surface area contributed by atoms with Crippen molar-refractivity contribution >= 4 is 22.6 Å². The van der Waals surface area contributed by atoms with E-state index in [9.17, 15) is 9.59 Å². The van der Waals surface area contributed by atoms with Crippen LogP contribution in [0, 0.1) is 11.3 Å². The van der Waals surface area contributed by atoms with E-state index in [0.717, 1.165) is 50.0 Å². The van der Waals surface area contributed by atoms with Crippen molar-refractivity contribution in [2.24, 2.45) is 11.3 Å². The number of nitrogens with one attached hydrogen (secondary N) is 1. The first kappa shape index (κ1) is 20.7. The van der Waals surface area contributed by atoms with E-state index in [-0.39, 0.29) is 23.1 Å². The summed E-state index contributed by atoms with van der Waals surface area (Å²) >= 11 is 0. The standard InChI is InChI=1S/C27H29N3O2/c31-25(18-20-8-9-21-5-1-2-6-22(21)17-20)30-15-11-27(12-16-30)19-24(27)26(32)29-14-10-23-7-3-4-13-28-23/h1-9,13,17,24H,10-12,14-16,18-19H2,(H,29,32)/t24-/m0/s1. The van der Waals surface area contributed by atoms with Crippen LogP contribution in [0.5, 0.6) is 0 Å². The quantitative estimate of drug-likeness (QED) is 0.652. The van der Waals surface area contributed by atoms with Gasteiger partial charge in [0, 0.05) is 43.9 Å². The average molecular weight is 428 g/mol. The van der Waals surface area contributed by atoms with E-state index in [1.165, 1.54) is 10.8 Å². The lowest BCUT2D eigenvalue weighted by Crippen LogP contribution is -2.41. The van der Waals surface area contributed by atoms with Crippen molar-refractivity contribution in [2.45, 2.75) is 32.1 Å². The van der Waals surface area contributed by atoms with Crippen LogP contribution in [0.2, 0.25) is 0 Å². The predicted molar refractivity (Wildman–Crippen MR) is 125 cm³/mol. The molecule has 2 aromatic carbocycles. The van der Waals surface area contributed by atoms with Crippen LogP contribution in [0.1, 0.15) is 30.5 Å². The second kappa shape index (κ2) is 8.73. The van der Waals surface area contributed by atoms with Gasteiger partial charge < -0.3 is 10.2 Å². The van der Waals surface area contributed by atoms with Crippen molar-refractivity contribution in [3.63, 3.8) is 0 Å². The number of pyridine rings is 1. The number of carbonyl (C=O) groups is 2. The van der Waals surface area contributed by atoms with Gasteiger partial charge in [-0.25, -0.2) is 0 Å². The number of aromatic nitrogens is 1. The molecule has 164 valence electrons. The van der Waals surface area contributed by atoms with Gasteiger partial charge >= 0.3 is 0 Å². The highest BCUT2D eigenvalue weighted by Gasteiger charge is 2.58. The zero-order chi connectivity index (χ0) is 22.0. The average Bonchev–Trinajstić information content (AvgIpc) is 3.53. The van der Waals surface area contributed by atoms with E-state index in [4.69, 9.17) is 0 Å². The molecular weight excluding hydrogens is 398 g/mol. The molecule has 1 aliphatic heterocycles. The molecule has 1 aromatic heterocycles. The number of piperidine rings is 1. The molecule has 1 N–H and O–H groups in total. The van der Waals surface area contributed by atoms with Gasteiger partial charge in [-0.3, -0.25) is 14.6 Å². The van der Waals surface area contributed by atoms with Crippen molar-refractivity contribution in [1.29, 1.82) is 0 Å². The molecule has 3 aromatic rings. The third-order valence-corrected chi connectivity index (χ3v) is 7.19. The first-order valence-electron chi connectivity index (χ1n) is 11.6. The zero-order valence-corrected chi connectivity index (χ0v) is 18.3. The van der Waals surface area contributed by atoms with Crippen molar-refractivity contribution in [3.05, 3.63) is 78.1 Å². The van der Waals surface area contributed by atoms with Crippen molar-refractivity contribution in [3.8, 4) is 0 Å². The summed E-state index contributed by atoms with van der Waals surface area (Å²) in [7, 11) is 0. The Labute approximate surface area is 188 Å². The normalized spacial score (nSPS) is 19.1. The molecule has 1 spiro atoms. The molecule has 2 aliphatic rings. The molecule has 2 amide bonds. The number of fused-ring (bicyclic) bond motifs is 1. The SMILES string of the molecule is O=C(NCCc1ccccn1)[C@@H]1CC12CCN(C(=O)Cc1ccc3ccccc3c1)CC2. The number of nitrogens with zero attached hydrogens (tertiary/aromatic N) is 2. The Morgan fingerprint density at radius 2 is 1.78 bits per heavy atom. The molecule has 5 rings (SSSR count). The molecule has 1 saturated carbocycles. The third-order valence-electron chi connectivity index (χ3n) is 7.19. The van der Waals surface area contributed by atoms with E-state index in [1.54, 1.807) is 6.20 Å². The lowest BCUT2D eigenvalue weighted by atomic mass is 9.90. The third kappa shape index (κ3) is 4.38. The van der Waals surface area contributed by atoms with E-state index >= 15 is 0 Å². The van der Waals surface area contributed by atoms with E-state index < -0.39 is 0 Å². The van der Waals surface area contributed by atoms with Crippen LogP contribution in [0.25, 0.3) is 10.8 Å². The molecule has 1 aliphatic carbocycles. The Balaban J connectivity index is 1.09. The van der Waals surface area contributed by atoms with Crippen molar-refractivity contribution in [2.75, 3.05) is 19.6 Å². The van der Waals surface area contributed by atoms with Crippen LogP contribution in [0.15, 0.2) is 66.9 Å². The minimum atomic E-state index is 0.101. The molecule has 0 bridgehead atoms. The van der Waals surface area contributed by atoms with Gasteiger partial charge in [-0.2, -0.15) is 0 Å². The van der Waals surface area contributed by atoms with Crippen molar-refractivity contribution < 1.29 is 9.59 Å². The van der Waals surface area contributed by atoms with Gasteiger partial charge in [0.2, 0.25) is 11.8 Å². The van der Waals surface area contributed by atoms with Crippen molar-refractivity contribution in [1.82, 2.24) is 15.2 Å². The van der Waals surface area contributed by atoms with Crippen LogP contribution in [0.3, 0.4) is 0 Å². The molecule has 0 unspecified atom stereocenters. The zero-order valence-electron chi connectivity index (χ0n) is 18.3. The van der Waals surface area contributed by atoms with E-state index in [1.807, 2.05) is 35.2 Å². The van der Waals surface area contributed by atoms with Gasteiger partial charge in [-0.05, 0) is 53.1 Å². The highest BCUT2D eigenvalue weighted by molar-refractivity contribution is 5.86. The fourth-order valence-corrected chi connectivity index (χ4v) is 5.09. The maximum Gasteiger partial charge on any atom is 0.226 e. The van der Waals surface area contributed by atoms with E-state index in [2.05, 4.69) is 40.6 Å². The summed E-state index contributed by atoms with van der Waals surface area (Å²) in [5.41, 5.74) is 2.16. The number of likely N-dealkylation sites (tertiary alicyclic amines) is 1. The molecule has 5 heteroatoms. The number of hydrogen-bond acceptors (Lipinski definition) is 3. The number of benzene rings is 2. The second-order valence-electron chi connectivity index (χ2n) is 9.22. The summed E-state index contributed by atoms with van der Waals surface area (Å²) in [5.74, 6) is 0.452. The summed E-state index contributed by atoms with van der Waals surface area (Å²) in [6, 6.07) is 20.3.